The summed E-state index contributed by atoms with van der Waals surface area (Å²) in [7, 11) is -1.86. The van der Waals surface area contributed by atoms with Gasteiger partial charge in [-0.2, -0.15) is 4.57 Å². The first-order valence-electron chi connectivity index (χ1n) is 11.9. The summed E-state index contributed by atoms with van der Waals surface area (Å²) in [5.74, 6) is -0.0184. The van der Waals surface area contributed by atoms with Gasteiger partial charge in [0.15, 0.2) is 5.69 Å². The molecule has 0 bridgehead atoms. The fourth-order valence-corrected chi connectivity index (χ4v) is 4.51. The van der Waals surface area contributed by atoms with Gasteiger partial charge in [0.05, 0.1) is 23.9 Å². The first-order valence-corrected chi connectivity index (χ1v) is 13.2. The van der Waals surface area contributed by atoms with Crippen molar-refractivity contribution in [1.29, 1.82) is 0 Å². The van der Waals surface area contributed by atoms with Crippen LogP contribution in [0.1, 0.15) is 21.6 Å². The van der Waals surface area contributed by atoms with Crippen molar-refractivity contribution < 1.29 is 35.9 Å². The van der Waals surface area contributed by atoms with Gasteiger partial charge in [-0.1, -0.05) is 60.7 Å². The predicted molar refractivity (Wildman–Crippen MR) is 146 cm³/mol. The van der Waals surface area contributed by atoms with E-state index in [2.05, 4.69) is 4.18 Å². The molecular weight excluding hydrogens is 536 g/mol. The molecule has 2 aromatic heterocycles. The number of ketones is 1. The molecule has 0 unspecified atom stereocenters. The van der Waals surface area contributed by atoms with E-state index in [1.54, 1.807) is 36.7 Å². The number of rotatable bonds is 6. The summed E-state index contributed by atoms with van der Waals surface area (Å²) in [6.07, 6.45) is 1.45. The highest BCUT2D eigenvalue weighted by atomic mass is 32.3. The molecule has 204 valence electrons. The molecule has 0 saturated carbocycles. The molecular formula is C29H24N2O8S. The van der Waals surface area contributed by atoms with Crippen molar-refractivity contribution in [2.45, 2.75) is 6.92 Å². The number of pyridine rings is 1. The molecule has 11 heteroatoms. The Morgan fingerprint density at radius 3 is 2.17 bits per heavy atom. The molecule has 0 radical (unpaired) electrons. The SMILES string of the molecule is COS(=O)(=O)[O-].Cc1c(C(=O)c2cccc3ccccc23)c(-c2ccco2)c([N+](=O)[O-])c(-c2ccccc2)[n+]1C. The lowest BCUT2D eigenvalue weighted by Crippen LogP contribution is -2.38. The van der Waals surface area contributed by atoms with Crippen LogP contribution < -0.4 is 4.57 Å². The summed E-state index contributed by atoms with van der Waals surface area (Å²) in [5.41, 5.74) is 2.44. The normalized spacial score (nSPS) is 11.1. The Balaban J connectivity index is 0.000000557. The van der Waals surface area contributed by atoms with E-state index < -0.39 is 15.3 Å². The van der Waals surface area contributed by atoms with Crippen LogP contribution in [0.25, 0.3) is 33.4 Å². The van der Waals surface area contributed by atoms with Crippen LogP contribution in [0.5, 0.6) is 0 Å². The molecule has 0 spiro atoms. The zero-order chi connectivity index (χ0) is 29.0. The number of nitrogens with zero attached hydrogens (tertiary/aromatic N) is 2. The topological polar surface area (TPSA) is 144 Å². The maximum Gasteiger partial charge on any atom is 0.352 e. The highest BCUT2D eigenvalue weighted by Crippen LogP contribution is 2.41. The molecule has 5 rings (SSSR count). The fraction of sp³-hybridized carbons (Fsp3) is 0.103. The van der Waals surface area contributed by atoms with E-state index in [-0.39, 0.29) is 28.4 Å². The number of hydrogen-bond acceptors (Lipinski definition) is 8. The summed E-state index contributed by atoms with van der Waals surface area (Å²) in [6.45, 7) is 1.81. The second-order valence-electron chi connectivity index (χ2n) is 8.62. The van der Waals surface area contributed by atoms with E-state index in [0.717, 1.165) is 17.9 Å². The highest BCUT2D eigenvalue weighted by Gasteiger charge is 2.39. The second-order valence-corrected chi connectivity index (χ2v) is 9.77. The maximum atomic E-state index is 14.1. The number of carbonyl (C=O) groups excluding carboxylic acids is 1. The van der Waals surface area contributed by atoms with Gasteiger partial charge < -0.3 is 8.97 Å². The predicted octanol–water partition coefficient (Wildman–Crippen LogP) is 5.13. The van der Waals surface area contributed by atoms with Gasteiger partial charge in [0.1, 0.15) is 23.9 Å². The first-order chi connectivity index (χ1) is 19.0. The van der Waals surface area contributed by atoms with Crippen molar-refractivity contribution in [2.75, 3.05) is 7.11 Å². The van der Waals surface area contributed by atoms with Crippen LogP contribution >= 0.6 is 0 Å². The van der Waals surface area contributed by atoms with E-state index >= 15 is 0 Å². The van der Waals surface area contributed by atoms with Crippen LogP contribution in [0.4, 0.5) is 5.69 Å². The number of hydrogen-bond donors (Lipinski definition) is 0. The minimum atomic E-state index is -4.41. The number of aromatic nitrogens is 1. The molecule has 5 aromatic rings. The lowest BCUT2D eigenvalue weighted by atomic mass is 9.90. The molecule has 10 nitrogen and oxygen atoms in total. The van der Waals surface area contributed by atoms with Crippen LogP contribution in [0.3, 0.4) is 0 Å². The number of carbonyl (C=O) groups is 1. The molecule has 0 N–H and O–H groups in total. The minimum Gasteiger partial charge on any atom is -0.726 e. The minimum absolute atomic E-state index is 0.169. The number of nitro groups is 1. The Labute approximate surface area is 230 Å². The molecule has 2 heterocycles. The van der Waals surface area contributed by atoms with E-state index in [4.69, 9.17) is 4.42 Å². The summed E-state index contributed by atoms with van der Waals surface area (Å²) >= 11 is 0. The van der Waals surface area contributed by atoms with Gasteiger partial charge in [0, 0.05) is 12.5 Å². The third-order valence-corrected chi connectivity index (χ3v) is 6.78. The average molecular weight is 561 g/mol. The van der Waals surface area contributed by atoms with E-state index in [0.29, 0.717) is 22.5 Å². The standard InChI is InChI=1S/C28H21N2O4.CH4O4S/c1-18-24(28(31)22-15-8-13-19-10-6-7-14-21(19)22)25(23-16-9-17-34-23)27(30(32)33)26(29(18)2)20-11-4-3-5-12-20;1-5-6(2,3)4/h3-17H,1-2H3;1H3,(H,2,3,4)/q+1;/p-1. The van der Waals surface area contributed by atoms with Crippen molar-refractivity contribution in [2.24, 2.45) is 7.05 Å². The summed E-state index contributed by atoms with van der Waals surface area (Å²) in [5, 5.41) is 14.2. The van der Waals surface area contributed by atoms with Crippen LogP contribution in [0, 0.1) is 17.0 Å². The Morgan fingerprint density at radius 2 is 1.57 bits per heavy atom. The Hall–Kier alpha value is -4.71. The zero-order valence-electron chi connectivity index (χ0n) is 21.7. The number of benzene rings is 3. The lowest BCUT2D eigenvalue weighted by Gasteiger charge is -2.14. The van der Waals surface area contributed by atoms with Crippen LogP contribution in [-0.2, 0) is 21.6 Å². The summed E-state index contributed by atoms with van der Waals surface area (Å²) in [4.78, 5) is 26.2. The van der Waals surface area contributed by atoms with Gasteiger partial charge >= 0.3 is 5.69 Å². The Morgan fingerprint density at radius 1 is 0.950 bits per heavy atom. The highest BCUT2D eigenvalue weighted by molar-refractivity contribution is 7.80. The van der Waals surface area contributed by atoms with Gasteiger partial charge in [-0.25, -0.2) is 8.42 Å². The largest absolute Gasteiger partial charge is 0.726 e. The second kappa shape index (κ2) is 11.6. The first kappa shape index (κ1) is 28.3. The van der Waals surface area contributed by atoms with E-state index in [1.807, 2.05) is 66.7 Å². The Bertz CT molecular complexity index is 1810. The van der Waals surface area contributed by atoms with Crippen molar-refractivity contribution in [3.8, 4) is 22.6 Å². The van der Waals surface area contributed by atoms with Crippen molar-refractivity contribution in [1.82, 2.24) is 0 Å². The molecule has 0 atom stereocenters. The van der Waals surface area contributed by atoms with Gasteiger partial charge in [-0.15, -0.1) is 0 Å². The Kier molecular flexibility index (Phi) is 8.19. The smallest absolute Gasteiger partial charge is 0.352 e. The molecule has 0 aliphatic carbocycles. The van der Waals surface area contributed by atoms with Crippen molar-refractivity contribution >= 4 is 32.6 Å². The molecule has 0 saturated heterocycles. The van der Waals surface area contributed by atoms with Gasteiger partial charge in [-0.3, -0.25) is 19.1 Å². The van der Waals surface area contributed by atoms with Gasteiger partial charge in [-0.05, 0) is 35.0 Å². The number of fused-ring (bicyclic) bond motifs is 1. The van der Waals surface area contributed by atoms with E-state index in [1.165, 1.54) is 6.26 Å². The fourth-order valence-electron chi connectivity index (χ4n) is 4.51. The average Bonchev–Trinajstić information content (AvgIpc) is 3.48. The van der Waals surface area contributed by atoms with Crippen LogP contribution in [0.2, 0.25) is 0 Å². The monoisotopic (exact) mass is 560 g/mol. The molecule has 0 aliphatic rings. The van der Waals surface area contributed by atoms with Crippen molar-refractivity contribution in [3.63, 3.8) is 0 Å². The van der Waals surface area contributed by atoms with E-state index in [9.17, 15) is 27.9 Å². The van der Waals surface area contributed by atoms with Gasteiger partial charge in [0.2, 0.25) is 16.2 Å². The quantitative estimate of drug-likeness (QED) is 0.0694. The van der Waals surface area contributed by atoms with Crippen LogP contribution in [-0.4, -0.2) is 30.8 Å². The number of furan rings is 1. The molecule has 0 aliphatic heterocycles. The summed E-state index contributed by atoms with van der Waals surface area (Å²) < 4.78 is 38.4. The lowest BCUT2D eigenvalue weighted by molar-refractivity contribution is -0.669. The van der Waals surface area contributed by atoms with Crippen LogP contribution in [0.15, 0.2) is 95.6 Å². The van der Waals surface area contributed by atoms with Crippen molar-refractivity contribution in [3.05, 3.63) is 118 Å². The molecule has 0 fully saturated rings. The molecule has 40 heavy (non-hydrogen) atoms. The van der Waals surface area contributed by atoms with Gasteiger partial charge in [0.25, 0.3) is 5.69 Å². The third kappa shape index (κ3) is 5.66. The molecule has 3 aromatic carbocycles. The molecule has 0 amide bonds. The zero-order valence-corrected chi connectivity index (χ0v) is 22.5. The summed E-state index contributed by atoms with van der Waals surface area (Å²) in [6, 6.07) is 25.6. The third-order valence-electron chi connectivity index (χ3n) is 6.37. The maximum absolute atomic E-state index is 14.1.